The molecule has 0 bridgehead atoms. The number of fused-ring (bicyclic) bond motifs is 1. The zero-order chi connectivity index (χ0) is 15.0. The van der Waals surface area contributed by atoms with Gasteiger partial charge in [-0.1, -0.05) is 13.0 Å². The number of carbonyl (C=O) groups is 1. The van der Waals surface area contributed by atoms with Gasteiger partial charge in [0, 0.05) is 6.42 Å². The van der Waals surface area contributed by atoms with Crippen LogP contribution in [0.1, 0.15) is 50.2 Å². The number of anilines is 1. The smallest absolute Gasteiger partial charge is 0.224 e. The molecule has 1 amide bonds. The van der Waals surface area contributed by atoms with Crippen molar-refractivity contribution in [2.45, 2.75) is 58.0 Å². The number of hydrogen-bond acceptors (Lipinski definition) is 2. The average molecular weight is 291 g/mol. The molecule has 3 nitrogen and oxygen atoms in total. The van der Waals surface area contributed by atoms with Crippen molar-refractivity contribution < 1.29 is 14.3 Å². The molecule has 114 valence electrons. The van der Waals surface area contributed by atoms with E-state index in [2.05, 4.69) is 5.32 Å². The van der Waals surface area contributed by atoms with Gasteiger partial charge in [0.05, 0.1) is 11.8 Å². The Morgan fingerprint density at radius 3 is 2.76 bits per heavy atom. The molecule has 1 fully saturated rings. The van der Waals surface area contributed by atoms with Gasteiger partial charge in [0.1, 0.15) is 5.82 Å². The number of halogens is 1. The highest BCUT2D eigenvalue weighted by atomic mass is 19.1. The fraction of sp³-hybridized carbons (Fsp3) is 0.588. The van der Waals surface area contributed by atoms with Crippen LogP contribution < -0.4 is 5.32 Å². The summed E-state index contributed by atoms with van der Waals surface area (Å²) in [5, 5.41) is 12.3. The normalized spacial score (nSPS) is 27.7. The Hall–Kier alpha value is -1.42. The molecule has 2 N–H and O–H groups in total. The quantitative estimate of drug-likeness (QED) is 0.879. The molecule has 4 heteroatoms. The van der Waals surface area contributed by atoms with Gasteiger partial charge in [-0.2, -0.15) is 0 Å². The molecule has 0 radical (unpaired) electrons. The van der Waals surface area contributed by atoms with Crippen LogP contribution in [0.4, 0.5) is 10.1 Å². The number of amides is 1. The molecule has 0 saturated heterocycles. The van der Waals surface area contributed by atoms with E-state index < -0.39 is 0 Å². The van der Waals surface area contributed by atoms with E-state index in [1.54, 1.807) is 13.0 Å². The van der Waals surface area contributed by atoms with E-state index in [-0.39, 0.29) is 23.2 Å². The Kier molecular flexibility index (Phi) is 3.74. The molecule has 0 aliphatic heterocycles. The minimum atomic E-state index is -0.266. The van der Waals surface area contributed by atoms with Crippen molar-refractivity contribution in [3.8, 4) is 0 Å². The number of aliphatic hydroxyl groups excluding tert-OH is 1. The summed E-state index contributed by atoms with van der Waals surface area (Å²) in [5.41, 5.74) is 2.25. The molecule has 0 heterocycles. The minimum Gasteiger partial charge on any atom is -0.393 e. The van der Waals surface area contributed by atoms with Crippen LogP contribution in [-0.4, -0.2) is 17.1 Å². The summed E-state index contributed by atoms with van der Waals surface area (Å²) in [7, 11) is 0. The van der Waals surface area contributed by atoms with Gasteiger partial charge in [-0.15, -0.1) is 0 Å². The Balaban J connectivity index is 1.83. The molecular formula is C17H22FNO2. The number of hydrogen-bond donors (Lipinski definition) is 2. The van der Waals surface area contributed by atoms with Gasteiger partial charge in [-0.25, -0.2) is 4.39 Å². The highest BCUT2D eigenvalue weighted by molar-refractivity contribution is 5.90. The lowest BCUT2D eigenvalue weighted by molar-refractivity contribution is -0.115. The summed E-state index contributed by atoms with van der Waals surface area (Å²) in [6, 6.07) is 3.63. The monoisotopic (exact) mass is 291 g/mol. The minimum absolute atomic E-state index is 0.121. The van der Waals surface area contributed by atoms with Crippen LogP contribution in [0.3, 0.4) is 0 Å². The van der Waals surface area contributed by atoms with Gasteiger partial charge in [0.2, 0.25) is 5.91 Å². The highest BCUT2D eigenvalue weighted by Gasteiger charge is 2.41. The Morgan fingerprint density at radius 1 is 1.38 bits per heavy atom. The van der Waals surface area contributed by atoms with Gasteiger partial charge < -0.3 is 10.4 Å². The van der Waals surface area contributed by atoms with E-state index in [0.717, 1.165) is 49.7 Å². The van der Waals surface area contributed by atoms with E-state index in [9.17, 15) is 14.3 Å². The van der Waals surface area contributed by atoms with Crippen molar-refractivity contribution in [2.75, 3.05) is 5.32 Å². The van der Waals surface area contributed by atoms with E-state index in [0.29, 0.717) is 12.1 Å². The second kappa shape index (κ2) is 5.41. The second-order valence-electron chi connectivity index (χ2n) is 6.55. The lowest BCUT2D eigenvalue weighted by atomic mass is 9.71. The largest absolute Gasteiger partial charge is 0.393 e. The molecule has 1 spiro atoms. The molecule has 21 heavy (non-hydrogen) atoms. The zero-order valence-corrected chi connectivity index (χ0v) is 12.4. The maximum atomic E-state index is 14.6. The van der Waals surface area contributed by atoms with Gasteiger partial charge in [-0.3, -0.25) is 4.79 Å². The molecule has 1 aromatic rings. The molecule has 0 aromatic heterocycles. The van der Waals surface area contributed by atoms with Crippen molar-refractivity contribution in [3.63, 3.8) is 0 Å². The number of nitrogens with one attached hydrogen (secondary N) is 1. The van der Waals surface area contributed by atoms with Crippen LogP contribution in [0.15, 0.2) is 12.1 Å². The van der Waals surface area contributed by atoms with Crippen LogP contribution in [-0.2, 0) is 17.6 Å². The molecular weight excluding hydrogens is 269 g/mol. The van der Waals surface area contributed by atoms with Gasteiger partial charge in [-0.05, 0) is 61.1 Å². The third-order valence-electron chi connectivity index (χ3n) is 5.07. The third kappa shape index (κ3) is 2.69. The first-order valence-electron chi connectivity index (χ1n) is 7.81. The third-order valence-corrected chi connectivity index (χ3v) is 5.07. The molecule has 3 rings (SSSR count). The number of rotatable bonds is 2. The average Bonchev–Trinajstić information content (AvgIpc) is 2.85. The van der Waals surface area contributed by atoms with E-state index >= 15 is 0 Å². The second-order valence-corrected chi connectivity index (χ2v) is 6.55. The summed E-state index contributed by atoms with van der Waals surface area (Å²) < 4.78 is 14.6. The molecule has 2 aliphatic carbocycles. The number of carbonyl (C=O) groups excluding carboxylic acids is 1. The maximum absolute atomic E-state index is 14.6. The topological polar surface area (TPSA) is 49.3 Å². The number of aliphatic hydroxyl groups is 1. The molecule has 2 aliphatic rings. The Bertz CT molecular complexity index is 562. The van der Waals surface area contributed by atoms with Crippen molar-refractivity contribution in [1.82, 2.24) is 0 Å². The predicted octanol–water partition coefficient (Wildman–Crippen LogP) is 3.19. The summed E-state index contributed by atoms with van der Waals surface area (Å²) in [6.45, 7) is 1.75. The van der Waals surface area contributed by atoms with Gasteiger partial charge >= 0.3 is 0 Å². The zero-order valence-electron chi connectivity index (χ0n) is 12.4. The first-order chi connectivity index (χ1) is 10.0. The molecule has 0 unspecified atom stereocenters. The Labute approximate surface area is 124 Å². The van der Waals surface area contributed by atoms with E-state index in [4.69, 9.17) is 0 Å². The lowest BCUT2D eigenvalue weighted by Gasteiger charge is -2.35. The van der Waals surface area contributed by atoms with Crippen LogP contribution in [0.2, 0.25) is 0 Å². The molecule has 1 aromatic carbocycles. The number of benzene rings is 1. The lowest BCUT2D eigenvalue weighted by Crippen LogP contribution is -2.30. The first-order valence-corrected chi connectivity index (χ1v) is 7.81. The predicted molar refractivity (Wildman–Crippen MR) is 79.6 cm³/mol. The Morgan fingerprint density at radius 2 is 2.10 bits per heavy atom. The van der Waals surface area contributed by atoms with Crippen molar-refractivity contribution in [1.29, 1.82) is 0 Å². The van der Waals surface area contributed by atoms with Gasteiger partial charge in [0.25, 0.3) is 0 Å². The van der Waals surface area contributed by atoms with Crippen LogP contribution in [0, 0.1) is 11.2 Å². The van der Waals surface area contributed by atoms with Crippen molar-refractivity contribution >= 4 is 11.6 Å². The van der Waals surface area contributed by atoms with Crippen LogP contribution in [0.25, 0.3) is 0 Å². The summed E-state index contributed by atoms with van der Waals surface area (Å²) >= 11 is 0. The SMILES string of the molecule is CCC(=O)Nc1ccc2c(c1F)CC1(CCC(O)CC1)C2. The van der Waals surface area contributed by atoms with E-state index in [1.165, 1.54) is 0 Å². The van der Waals surface area contributed by atoms with Crippen molar-refractivity contribution in [3.05, 3.63) is 29.1 Å². The van der Waals surface area contributed by atoms with Gasteiger partial charge in [0.15, 0.2) is 0 Å². The van der Waals surface area contributed by atoms with Crippen LogP contribution in [0.5, 0.6) is 0 Å². The molecule has 1 saturated carbocycles. The molecule has 0 atom stereocenters. The standard InChI is InChI=1S/C17H22FNO2/c1-2-15(21)19-14-4-3-11-9-17(10-13(11)16(14)18)7-5-12(20)6-8-17/h3-4,12,20H,2,5-10H2,1H3,(H,19,21). The maximum Gasteiger partial charge on any atom is 0.224 e. The van der Waals surface area contributed by atoms with E-state index in [1.807, 2.05) is 6.07 Å². The highest BCUT2D eigenvalue weighted by Crippen LogP contribution is 2.48. The van der Waals surface area contributed by atoms with Crippen molar-refractivity contribution in [2.24, 2.45) is 5.41 Å². The summed E-state index contributed by atoms with van der Waals surface area (Å²) in [6.07, 6.45) is 5.33. The van der Waals surface area contributed by atoms with Crippen LogP contribution >= 0.6 is 0 Å². The fourth-order valence-electron chi connectivity index (χ4n) is 3.76. The summed E-state index contributed by atoms with van der Waals surface area (Å²) in [5.74, 6) is -0.431. The first kappa shape index (κ1) is 14.5. The fourth-order valence-corrected chi connectivity index (χ4v) is 3.76. The summed E-state index contributed by atoms with van der Waals surface area (Å²) in [4.78, 5) is 11.5.